The van der Waals surface area contributed by atoms with E-state index in [1.165, 1.54) is 6.26 Å². The Hall–Kier alpha value is -2.93. The second-order valence-electron chi connectivity index (χ2n) is 7.54. The van der Waals surface area contributed by atoms with Crippen LogP contribution in [0.15, 0.2) is 51.9 Å². The standard InChI is InChI=1S/C24H31N3O4/c1-4-6-9-14-26(24(29)21-13-10-16-31-21)20(5-2)22-25-19-12-8-7-11-18(19)23(28)27(22)15-17-30-3/h7-8,10-13,16,20H,4-6,9,14-15,17H2,1-3H3. The molecule has 1 aromatic carbocycles. The number of methoxy groups -OCH3 is 1. The van der Waals surface area contributed by atoms with Crippen LogP contribution in [0.25, 0.3) is 10.9 Å². The van der Waals surface area contributed by atoms with Crippen molar-refractivity contribution in [1.82, 2.24) is 14.5 Å². The number of para-hydroxylation sites is 1. The van der Waals surface area contributed by atoms with E-state index in [2.05, 4.69) is 6.92 Å². The van der Waals surface area contributed by atoms with Crippen molar-refractivity contribution in [2.75, 3.05) is 20.3 Å². The lowest BCUT2D eigenvalue weighted by molar-refractivity contribution is 0.0617. The molecule has 0 radical (unpaired) electrons. The van der Waals surface area contributed by atoms with Gasteiger partial charge in [0.2, 0.25) is 0 Å². The fourth-order valence-corrected chi connectivity index (χ4v) is 3.85. The van der Waals surface area contributed by atoms with Gasteiger partial charge in [0.25, 0.3) is 11.5 Å². The van der Waals surface area contributed by atoms with Crippen LogP contribution in [-0.4, -0.2) is 40.6 Å². The van der Waals surface area contributed by atoms with E-state index in [0.717, 1.165) is 19.3 Å². The fourth-order valence-electron chi connectivity index (χ4n) is 3.85. The van der Waals surface area contributed by atoms with Crippen LogP contribution in [0.5, 0.6) is 0 Å². The van der Waals surface area contributed by atoms with E-state index in [0.29, 0.717) is 48.6 Å². The molecule has 0 saturated heterocycles. The van der Waals surface area contributed by atoms with Crippen LogP contribution in [-0.2, 0) is 11.3 Å². The molecule has 3 rings (SSSR count). The van der Waals surface area contributed by atoms with Gasteiger partial charge in [0.15, 0.2) is 5.76 Å². The summed E-state index contributed by atoms with van der Waals surface area (Å²) in [6.07, 6.45) is 5.05. The number of ether oxygens (including phenoxy) is 1. The van der Waals surface area contributed by atoms with Gasteiger partial charge in [0.1, 0.15) is 5.82 Å². The maximum absolute atomic E-state index is 13.3. The molecule has 0 saturated carbocycles. The maximum Gasteiger partial charge on any atom is 0.290 e. The van der Waals surface area contributed by atoms with Crippen LogP contribution in [0.3, 0.4) is 0 Å². The van der Waals surface area contributed by atoms with Gasteiger partial charge in [-0.15, -0.1) is 0 Å². The summed E-state index contributed by atoms with van der Waals surface area (Å²) in [6.45, 7) is 5.46. The summed E-state index contributed by atoms with van der Waals surface area (Å²) in [4.78, 5) is 33.3. The fraction of sp³-hybridized carbons (Fsp3) is 0.458. The van der Waals surface area contributed by atoms with E-state index in [9.17, 15) is 9.59 Å². The molecule has 166 valence electrons. The minimum Gasteiger partial charge on any atom is -0.459 e. The quantitative estimate of drug-likeness (QED) is 0.425. The zero-order valence-electron chi connectivity index (χ0n) is 18.5. The van der Waals surface area contributed by atoms with Crippen molar-refractivity contribution in [3.63, 3.8) is 0 Å². The normalized spacial score (nSPS) is 12.2. The number of nitrogens with zero attached hydrogens (tertiary/aromatic N) is 3. The molecule has 1 atom stereocenters. The Morgan fingerprint density at radius 1 is 1.19 bits per heavy atom. The Morgan fingerprint density at radius 3 is 2.68 bits per heavy atom. The summed E-state index contributed by atoms with van der Waals surface area (Å²) in [6, 6.07) is 10.3. The molecule has 0 spiro atoms. The monoisotopic (exact) mass is 425 g/mol. The number of carbonyl (C=O) groups excluding carboxylic acids is 1. The van der Waals surface area contributed by atoms with Gasteiger partial charge in [-0.05, 0) is 37.1 Å². The van der Waals surface area contributed by atoms with Gasteiger partial charge < -0.3 is 14.1 Å². The molecule has 0 bridgehead atoms. The summed E-state index contributed by atoms with van der Waals surface area (Å²) >= 11 is 0. The van der Waals surface area contributed by atoms with Crippen LogP contribution >= 0.6 is 0 Å². The van der Waals surface area contributed by atoms with Crippen molar-refractivity contribution in [2.24, 2.45) is 0 Å². The van der Waals surface area contributed by atoms with E-state index in [1.807, 2.05) is 25.1 Å². The second kappa shape index (κ2) is 10.9. The molecule has 2 aromatic heterocycles. The van der Waals surface area contributed by atoms with Gasteiger partial charge in [-0.3, -0.25) is 14.2 Å². The smallest absolute Gasteiger partial charge is 0.290 e. The van der Waals surface area contributed by atoms with Gasteiger partial charge in [0.05, 0.1) is 36.4 Å². The lowest BCUT2D eigenvalue weighted by Gasteiger charge is -2.32. The van der Waals surface area contributed by atoms with E-state index in [-0.39, 0.29) is 17.5 Å². The lowest BCUT2D eigenvalue weighted by Crippen LogP contribution is -2.39. The Morgan fingerprint density at radius 2 is 2.00 bits per heavy atom. The van der Waals surface area contributed by atoms with Gasteiger partial charge in [-0.25, -0.2) is 4.98 Å². The summed E-state index contributed by atoms with van der Waals surface area (Å²) < 4.78 is 12.3. The van der Waals surface area contributed by atoms with Crippen molar-refractivity contribution < 1.29 is 13.9 Å². The number of hydrogen-bond donors (Lipinski definition) is 0. The third-order valence-corrected chi connectivity index (χ3v) is 5.47. The minimum atomic E-state index is -0.358. The number of furan rings is 1. The van der Waals surface area contributed by atoms with Crippen LogP contribution < -0.4 is 5.56 Å². The second-order valence-corrected chi connectivity index (χ2v) is 7.54. The van der Waals surface area contributed by atoms with Crippen molar-refractivity contribution in [2.45, 2.75) is 52.1 Å². The lowest BCUT2D eigenvalue weighted by atomic mass is 10.1. The molecule has 0 fully saturated rings. The van der Waals surface area contributed by atoms with Gasteiger partial charge in [-0.2, -0.15) is 0 Å². The molecular weight excluding hydrogens is 394 g/mol. The van der Waals surface area contributed by atoms with E-state index in [4.69, 9.17) is 14.1 Å². The molecule has 7 nitrogen and oxygen atoms in total. The van der Waals surface area contributed by atoms with Gasteiger partial charge >= 0.3 is 0 Å². The van der Waals surface area contributed by atoms with Crippen LogP contribution in [0.1, 0.15) is 62.0 Å². The van der Waals surface area contributed by atoms with E-state index < -0.39 is 0 Å². The number of hydrogen-bond acceptors (Lipinski definition) is 5. The maximum atomic E-state index is 13.3. The van der Waals surface area contributed by atoms with Crippen molar-refractivity contribution in [3.05, 3.63) is 64.6 Å². The highest BCUT2D eigenvalue weighted by Crippen LogP contribution is 2.26. The number of amides is 1. The molecule has 0 aliphatic rings. The third kappa shape index (κ3) is 5.05. The molecule has 3 aromatic rings. The van der Waals surface area contributed by atoms with Gasteiger partial charge in [-0.1, -0.05) is 38.8 Å². The number of fused-ring (bicyclic) bond motifs is 1. The summed E-state index contributed by atoms with van der Waals surface area (Å²) in [7, 11) is 1.61. The number of benzene rings is 1. The Labute approximate surface area is 182 Å². The Bertz CT molecular complexity index is 1040. The number of rotatable bonds is 11. The zero-order valence-corrected chi connectivity index (χ0v) is 18.5. The average Bonchev–Trinajstić information content (AvgIpc) is 3.33. The highest BCUT2D eigenvalue weighted by molar-refractivity contribution is 5.91. The largest absolute Gasteiger partial charge is 0.459 e. The van der Waals surface area contributed by atoms with Crippen LogP contribution in [0.4, 0.5) is 0 Å². The SMILES string of the molecule is CCCCCN(C(=O)c1ccco1)C(CC)c1nc2ccccc2c(=O)n1CCOC. The highest BCUT2D eigenvalue weighted by Gasteiger charge is 2.30. The van der Waals surface area contributed by atoms with Crippen molar-refractivity contribution >= 4 is 16.8 Å². The minimum absolute atomic E-state index is 0.116. The molecule has 0 N–H and O–H groups in total. The molecule has 0 aliphatic carbocycles. The summed E-state index contributed by atoms with van der Waals surface area (Å²) in [5.74, 6) is 0.690. The zero-order chi connectivity index (χ0) is 22.2. The van der Waals surface area contributed by atoms with Crippen LogP contribution in [0.2, 0.25) is 0 Å². The number of aromatic nitrogens is 2. The number of unbranched alkanes of at least 4 members (excludes halogenated alkanes) is 2. The topological polar surface area (TPSA) is 77.6 Å². The molecule has 1 unspecified atom stereocenters. The molecule has 1 amide bonds. The average molecular weight is 426 g/mol. The predicted octanol–water partition coefficient (Wildman–Crippen LogP) is 4.42. The predicted molar refractivity (Wildman–Crippen MR) is 120 cm³/mol. The van der Waals surface area contributed by atoms with Crippen LogP contribution in [0, 0.1) is 0 Å². The highest BCUT2D eigenvalue weighted by atomic mass is 16.5. The van der Waals surface area contributed by atoms with E-state index >= 15 is 0 Å². The summed E-state index contributed by atoms with van der Waals surface area (Å²) in [5, 5.41) is 0.562. The van der Waals surface area contributed by atoms with Gasteiger partial charge in [0, 0.05) is 13.7 Å². The first kappa shape index (κ1) is 22.7. The number of carbonyl (C=O) groups is 1. The third-order valence-electron chi connectivity index (χ3n) is 5.47. The Balaban J connectivity index is 2.11. The van der Waals surface area contributed by atoms with Crippen molar-refractivity contribution in [3.8, 4) is 0 Å². The van der Waals surface area contributed by atoms with Crippen molar-refractivity contribution in [1.29, 1.82) is 0 Å². The first-order valence-corrected chi connectivity index (χ1v) is 10.9. The molecular formula is C24H31N3O4. The summed E-state index contributed by atoms with van der Waals surface area (Å²) in [5.41, 5.74) is 0.517. The first-order chi connectivity index (χ1) is 15.1. The van der Waals surface area contributed by atoms with E-state index in [1.54, 1.807) is 34.8 Å². The first-order valence-electron chi connectivity index (χ1n) is 10.9. The molecule has 7 heteroatoms. The molecule has 0 aliphatic heterocycles. The Kier molecular flexibility index (Phi) is 8.00. The molecule has 31 heavy (non-hydrogen) atoms. The molecule has 2 heterocycles.